The third kappa shape index (κ3) is 2.29. The lowest BCUT2D eigenvalue weighted by atomic mass is 10.00. The van der Waals surface area contributed by atoms with Crippen LogP contribution in [-0.2, 0) is 6.42 Å². The first-order chi connectivity index (χ1) is 6.88. The summed E-state index contributed by atoms with van der Waals surface area (Å²) < 4.78 is 0. The lowest BCUT2D eigenvalue weighted by Gasteiger charge is -2.09. The highest BCUT2D eigenvalue weighted by Crippen LogP contribution is 2.27. The number of hydrogen-bond donors (Lipinski definition) is 1. The highest BCUT2D eigenvalue weighted by Gasteiger charge is 2.23. The van der Waals surface area contributed by atoms with Crippen molar-refractivity contribution >= 4 is 0 Å². The SMILES string of the molecule is CNC1CCC(Cc2cncnc2)C1. The van der Waals surface area contributed by atoms with Crippen LogP contribution >= 0.6 is 0 Å². The highest BCUT2D eigenvalue weighted by molar-refractivity contribution is 5.04. The molecule has 1 aromatic heterocycles. The zero-order valence-corrected chi connectivity index (χ0v) is 8.61. The Labute approximate surface area is 85.0 Å². The van der Waals surface area contributed by atoms with Crippen LogP contribution < -0.4 is 5.32 Å². The highest BCUT2D eigenvalue weighted by atomic mass is 14.9. The van der Waals surface area contributed by atoms with Gasteiger partial charge in [-0.3, -0.25) is 0 Å². The van der Waals surface area contributed by atoms with E-state index in [1.807, 2.05) is 12.4 Å². The molecule has 1 heterocycles. The molecule has 2 rings (SSSR count). The zero-order valence-electron chi connectivity index (χ0n) is 8.61. The smallest absolute Gasteiger partial charge is 0.115 e. The van der Waals surface area contributed by atoms with E-state index in [0.29, 0.717) is 0 Å². The minimum Gasteiger partial charge on any atom is -0.317 e. The molecule has 0 aliphatic heterocycles. The molecule has 1 saturated carbocycles. The molecule has 2 atom stereocenters. The van der Waals surface area contributed by atoms with E-state index in [9.17, 15) is 0 Å². The molecule has 14 heavy (non-hydrogen) atoms. The van der Waals surface area contributed by atoms with Crippen LogP contribution in [-0.4, -0.2) is 23.1 Å². The molecule has 3 heteroatoms. The van der Waals surface area contributed by atoms with Gasteiger partial charge in [0.2, 0.25) is 0 Å². The van der Waals surface area contributed by atoms with Crippen LogP contribution in [0.2, 0.25) is 0 Å². The van der Waals surface area contributed by atoms with Gasteiger partial charge in [-0.1, -0.05) is 0 Å². The predicted octanol–water partition coefficient (Wildman–Crippen LogP) is 1.41. The molecule has 1 aliphatic rings. The molecule has 1 aromatic rings. The van der Waals surface area contributed by atoms with Gasteiger partial charge in [0.25, 0.3) is 0 Å². The molecule has 0 aromatic carbocycles. The first-order valence-corrected chi connectivity index (χ1v) is 5.29. The largest absolute Gasteiger partial charge is 0.317 e. The van der Waals surface area contributed by atoms with E-state index in [2.05, 4.69) is 22.3 Å². The third-order valence-corrected chi connectivity index (χ3v) is 3.09. The van der Waals surface area contributed by atoms with Gasteiger partial charge in [-0.05, 0) is 44.2 Å². The van der Waals surface area contributed by atoms with Gasteiger partial charge in [-0.25, -0.2) is 9.97 Å². The van der Waals surface area contributed by atoms with Crippen LogP contribution in [0.25, 0.3) is 0 Å². The molecule has 0 bridgehead atoms. The van der Waals surface area contributed by atoms with Gasteiger partial charge in [0.1, 0.15) is 6.33 Å². The number of nitrogens with one attached hydrogen (secondary N) is 1. The van der Waals surface area contributed by atoms with Gasteiger partial charge in [-0.15, -0.1) is 0 Å². The maximum atomic E-state index is 4.04. The van der Waals surface area contributed by atoms with Crippen LogP contribution in [0, 0.1) is 5.92 Å². The summed E-state index contributed by atoms with van der Waals surface area (Å²) in [5.41, 5.74) is 1.27. The minimum atomic E-state index is 0.727. The Bertz CT molecular complexity index is 273. The lowest BCUT2D eigenvalue weighted by Crippen LogP contribution is -2.21. The number of hydrogen-bond acceptors (Lipinski definition) is 3. The predicted molar refractivity (Wildman–Crippen MR) is 55.9 cm³/mol. The van der Waals surface area contributed by atoms with Crippen molar-refractivity contribution in [2.45, 2.75) is 31.7 Å². The minimum absolute atomic E-state index is 0.727. The van der Waals surface area contributed by atoms with Crippen LogP contribution in [0.1, 0.15) is 24.8 Å². The summed E-state index contributed by atoms with van der Waals surface area (Å²) in [4.78, 5) is 8.08. The zero-order chi connectivity index (χ0) is 9.80. The van der Waals surface area contributed by atoms with E-state index in [-0.39, 0.29) is 0 Å². The van der Waals surface area contributed by atoms with Crippen molar-refractivity contribution in [1.29, 1.82) is 0 Å². The Balaban J connectivity index is 1.88. The summed E-state index contributed by atoms with van der Waals surface area (Å²) in [6.45, 7) is 0. The van der Waals surface area contributed by atoms with Crippen molar-refractivity contribution in [1.82, 2.24) is 15.3 Å². The Kier molecular flexibility index (Phi) is 3.09. The third-order valence-electron chi connectivity index (χ3n) is 3.09. The van der Waals surface area contributed by atoms with Crippen LogP contribution in [0.3, 0.4) is 0 Å². The van der Waals surface area contributed by atoms with Gasteiger partial charge < -0.3 is 5.32 Å². The maximum absolute atomic E-state index is 4.04. The molecule has 3 nitrogen and oxygen atoms in total. The molecule has 76 valence electrons. The Morgan fingerprint density at radius 1 is 1.36 bits per heavy atom. The van der Waals surface area contributed by atoms with Crippen LogP contribution in [0.4, 0.5) is 0 Å². The van der Waals surface area contributed by atoms with Gasteiger partial charge in [0.05, 0.1) is 0 Å². The molecule has 1 N–H and O–H groups in total. The fraction of sp³-hybridized carbons (Fsp3) is 0.636. The molecular formula is C11H17N3. The van der Waals surface area contributed by atoms with Crippen molar-refractivity contribution in [3.63, 3.8) is 0 Å². The standard InChI is InChI=1S/C11H17N3/c1-12-11-3-2-9(5-11)4-10-6-13-8-14-7-10/h6-9,11-12H,2-5H2,1H3. The molecule has 0 spiro atoms. The monoisotopic (exact) mass is 191 g/mol. The fourth-order valence-electron chi connectivity index (χ4n) is 2.29. The summed E-state index contributed by atoms with van der Waals surface area (Å²) in [6.07, 6.45) is 10.5. The van der Waals surface area contributed by atoms with Crippen molar-refractivity contribution in [3.05, 3.63) is 24.3 Å². The van der Waals surface area contributed by atoms with E-state index >= 15 is 0 Å². The average Bonchev–Trinajstić information content (AvgIpc) is 2.67. The van der Waals surface area contributed by atoms with Gasteiger partial charge in [-0.2, -0.15) is 0 Å². The van der Waals surface area contributed by atoms with Crippen molar-refractivity contribution in [2.24, 2.45) is 5.92 Å². The summed E-state index contributed by atoms with van der Waals surface area (Å²) in [7, 11) is 2.05. The molecule has 1 fully saturated rings. The van der Waals surface area contributed by atoms with E-state index < -0.39 is 0 Å². The summed E-state index contributed by atoms with van der Waals surface area (Å²) in [5, 5.41) is 3.35. The van der Waals surface area contributed by atoms with Crippen LogP contribution in [0.5, 0.6) is 0 Å². The summed E-state index contributed by atoms with van der Waals surface area (Å²) in [5.74, 6) is 0.818. The van der Waals surface area contributed by atoms with Crippen molar-refractivity contribution < 1.29 is 0 Å². The first kappa shape index (κ1) is 9.59. The topological polar surface area (TPSA) is 37.8 Å². The van der Waals surface area contributed by atoms with Crippen LogP contribution in [0.15, 0.2) is 18.7 Å². The number of aromatic nitrogens is 2. The number of rotatable bonds is 3. The van der Waals surface area contributed by atoms with E-state index in [1.165, 1.54) is 24.8 Å². The Morgan fingerprint density at radius 2 is 2.14 bits per heavy atom. The molecule has 1 aliphatic carbocycles. The van der Waals surface area contributed by atoms with Crippen molar-refractivity contribution in [2.75, 3.05) is 7.05 Å². The second kappa shape index (κ2) is 4.51. The molecule has 0 radical (unpaired) electrons. The van der Waals surface area contributed by atoms with Gasteiger partial charge in [0.15, 0.2) is 0 Å². The Morgan fingerprint density at radius 3 is 2.79 bits per heavy atom. The average molecular weight is 191 g/mol. The fourth-order valence-corrected chi connectivity index (χ4v) is 2.29. The summed E-state index contributed by atoms with van der Waals surface area (Å²) >= 11 is 0. The molecular weight excluding hydrogens is 174 g/mol. The quantitative estimate of drug-likeness (QED) is 0.785. The second-order valence-corrected chi connectivity index (χ2v) is 4.12. The Hall–Kier alpha value is -0.960. The van der Waals surface area contributed by atoms with E-state index in [4.69, 9.17) is 0 Å². The van der Waals surface area contributed by atoms with E-state index in [0.717, 1.165) is 18.4 Å². The van der Waals surface area contributed by atoms with E-state index in [1.54, 1.807) is 6.33 Å². The normalized spacial score (nSPS) is 26.6. The van der Waals surface area contributed by atoms with Gasteiger partial charge >= 0.3 is 0 Å². The second-order valence-electron chi connectivity index (χ2n) is 4.12. The molecule has 2 unspecified atom stereocenters. The lowest BCUT2D eigenvalue weighted by molar-refractivity contribution is 0.508. The summed E-state index contributed by atoms with van der Waals surface area (Å²) in [6, 6.07) is 0.727. The first-order valence-electron chi connectivity index (χ1n) is 5.29. The van der Waals surface area contributed by atoms with Crippen molar-refractivity contribution in [3.8, 4) is 0 Å². The van der Waals surface area contributed by atoms with Gasteiger partial charge in [0, 0.05) is 18.4 Å². The maximum Gasteiger partial charge on any atom is 0.115 e. The molecule has 0 saturated heterocycles. The molecule has 0 amide bonds. The number of nitrogens with zero attached hydrogens (tertiary/aromatic N) is 2.